The number of hydrogen-bond donors (Lipinski definition) is 2. The van der Waals surface area contributed by atoms with E-state index in [2.05, 4.69) is 19.2 Å². The van der Waals surface area contributed by atoms with Crippen molar-refractivity contribution in [3.8, 4) is 0 Å². The molecule has 0 aromatic carbocycles. The Kier molecular flexibility index (Phi) is 8.90. The van der Waals surface area contributed by atoms with Crippen molar-refractivity contribution in [2.24, 2.45) is 5.41 Å². The van der Waals surface area contributed by atoms with Crippen LogP contribution in [0.4, 0.5) is 4.79 Å². The molecule has 0 radical (unpaired) electrons. The molecule has 0 aliphatic carbocycles. The van der Waals surface area contributed by atoms with E-state index in [0.717, 1.165) is 32.4 Å². The molecule has 0 aliphatic heterocycles. The van der Waals surface area contributed by atoms with Gasteiger partial charge < -0.3 is 20.1 Å². The van der Waals surface area contributed by atoms with Crippen LogP contribution in [0.25, 0.3) is 0 Å². The number of carbonyl (C=O) groups is 1. The zero-order chi connectivity index (χ0) is 16.5. The highest BCUT2D eigenvalue weighted by Crippen LogP contribution is 2.24. The predicted octanol–water partition coefficient (Wildman–Crippen LogP) is 2.63. The van der Waals surface area contributed by atoms with Gasteiger partial charge in [-0.15, -0.1) is 0 Å². The lowest BCUT2D eigenvalue weighted by Gasteiger charge is -2.30. The van der Waals surface area contributed by atoms with Gasteiger partial charge in [0.05, 0.1) is 0 Å². The average molecular weight is 302 g/mol. The van der Waals surface area contributed by atoms with E-state index in [9.17, 15) is 9.90 Å². The van der Waals surface area contributed by atoms with E-state index in [1.54, 1.807) is 11.9 Å². The molecule has 0 unspecified atom stereocenters. The van der Waals surface area contributed by atoms with E-state index < -0.39 is 5.60 Å². The van der Waals surface area contributed by atoms with E-state index in [1.165, 1.54) is 0 Å². The Morgan fingerprint density at radius 1 is 1.24 bits per heavy atom. The zero-order valence-electron chi connectivity index (χ0n) is 14.7. The van der Waals surface area contributed by atoms with Crippen LogP contribution in [0, 0.1) is 5.41 Å². The average Bonchev–Trinajstić information content (AvgIpc) is 2.41. The molecule has 5 nitrogen and oxygen atoms in total. The van der Waals surface area contributed by atoms with E-state index in [1.807, 2.05) is 20.8 Å². The summed E-state index contributed by atoms with van der Waals surface area (Å²) in [5.74, 6) is 0. The van der Waals surface area contributed by atoms with Gasteiger partial charge in [-0.2, -0.15) is 0 Å². The Morgan fingerprint density at radius 2 is 1.81 bits per heavy atom. The van der Waals surface area contributed by atoms with Crippen molar-refractivity contribution in [3.63, 3.8) is 0 Å². The molecular formula is C16H34N2O3. The number of aliphatic hydroxyl groups excluding tert-OH is 1. The predicted molar refractivity (Wildman–Crippen MR) is 86.5 cm³/mol. The van der Waals surface area contributed by atoms with Crippen LogP contribution in [0.1, 0.15) is 53.9 Å². The van der Waals surface area contributed by atoms with Crippen molar-refractivity contribution in [1.29, 1.82) is 0 Å². The SMILES string of the molecule is CCC(CC)(CO)CNCCCN(C)C(=O)OC(C)(C)C. The molecule has 0 aliphatic rings. The lowest BCUT2D eigenvalue weighted by molar-refractivity contribution is 0.0296. The van der Waals surface area contributed by atoms with Gasteiger partial charge in [0.25, 0.3) is 0 Å². The van der Waals surface area contributed by atoms with Crippen LogP contribution in [0.15, 0.2) is 0 Å². The monoisotopic (exact) mass is 302 g/mol. The number of hydrogen-bond acceptors (Lipinski definition) is 4. The van der Waals surface area contributed by atoms with Gasteiger partial charge in [0.2, 0.25) is 0 Å². The van der Waals surface area contributed by atoms with E-state index >= 15 is 0 Å². The van der Waals surface area contributed by atoms with Gasteiger partial charge in [-0.1, -0.05) is 13.8 Å². The molecule has 0 fully saturated rings. The maximum absolute atomic E-state index is 11.8. The fourth-order valence-corrected chi connectivity index (χ4v) is 2.01. The minimum Gasteiger partial charge on any atom is -0.444 e. The van der Waals surface area contributed by atoms with Crippen molar-refractivity contribution in [2.45, 2.75) is 59.5 Å². The normalized spacial score (nSPS) is 12.3. The fraction of sp³-hybridized carbons (Fsp3) is 0.938. The Morgan fingerprint density at radius 3 is 2.24 bits per heavy atom. The number of nitrogens with one attached hydrogen (secondary N) is 1. The number of ether oxygens (including phenoxy) is 1. The van der Waals surface area contributed by atoms with Gasteiger partial charge in [-0.25, -0.2) is 4.79 Å². The topological polar surface area (TPSA) is 61.8 Å². The second kappa shape index (κ2) is 9.26. The largest absolute Gasteiger partial charge is 0.444 e. The summed E-state index contributed by atoms with van der Waals surface area (Å²) in [6.45, 7) is 12.3. The maximum atomic E-state index is 11.8. The maximum Gasteiger partial charge on any atom is 0.410 e. The van der Waals surface area contributed by atoms with Gasteiger partial charge in [-0.3, -0.25) is 0 Å². The number of aliphatic hydroxyl groups is 1. The Labute approximate surface area is 130 Å². The van der Waals surface area contributed by atoms with Gasteiger partial charge in [0.15, 0.2) is 0 Å². The quantitative estimate of drug-likeness (QED) is 0.643. The van der Waals surface area contributed by atoms with Crippen LogP contribution < -0.4 is 5.32 Å². The van der Waals surface area contributed by atoms with Crippen LogP contribution in [0.2, 0.25) is 0 Å². The third-order valence-corrected chi connectivity index (χ3v) is 3.89. The van der Waals surface area contributed by atoms with Crippen molar-refractivity contribution in [1.82, 2.24) is 10.2 Å². The van der Waals surface area contributed by atoms with E-state index in [-0.39, 0.29) is 18.1 Å². The molecule has 0 bridgehead atoms. The van der Waals surface area contributed by atoms with E-state index in [0.29, 0.717) is 6.54 Å². The lowest BCUT2D eigenvalue weighted by atomic mass is 9.83. The highest BCUT2D eigenvalue weighted by Gasteiger charge is 2.24. The molecule has 0 aromatic heterocycles. The van der Waals surface area contributed by atoms with Crippen LogP contribution in [-0.2, 0) is 4.74 Å². The fourth-order valence-electron chi connectivity index (χ4n) is 2.01. The van der Waals surface area contributed by atoms with Gasteiger partial charge in [0, 0.05) is 32.2 Å². The summed E-state index contributed by atoms with van der Waals surface area (Å²) in [6, 6.07) is 0. The molecule has 0 atom stereocenters. The Hall–Kier alpha value is -0.810. The van der Waals surface area contributed by atoms with Crippen LogP contribution >= 0.6 is 0 Å². The number of rotatable bonds is 9. The molecule has 5 heteroatoms. The van der Waals surface area contributed by atoms with Gasteiger partial charge in [0.1, 0.15) is 5.60 Å². The zero-order valence-corrected chi connectivity index (χ0v) is 14.7. The van der Waals surface area contributed by atoms with Crippen molar-refractivity contribution in [2.75, 3.05) is 33.3 Å². The molecule has 21 heavy (non-hydrogen) atoms. The molecule has 2 N–H and O–H groups in total. The summed E-state index contributed by atoms with van der Waals surface area (Å²) in [5, 5.41) is 12.9. The van der Waals surface area contributed by atoms with Gasteiger partial charge >= 0.3 is 6.09 Å². The first-order valence-corrected chi connectivity index (χ1v) is 7.95. The number of nitrogens with zero attached hydrogens (tertiary/aromatic N) is 1. The molecule has 0 rings (SSSR count). The van der Waals surface area contributed by atoms with Crippen molar-refractivity contribution >= 4 is 6.09 Å². The minimum atomic E-state index is -0.452. The summed E-state index contributed by atoms with van der Waals surface area (Å²) < 4.78 is 5.30. The summed E-state index contributed by atoms with van der Waals surface area (Å²) in [5.41, 5.74) is -0.469. The van der Waals surface area contributed by atoms with Gasteiger partial charge in [-0.05, 0) is 46.6 Å². The molecular weight excluding hydrogens is 268 g/mol. The molecule has 1 amide bonds. The molecule has 0 heterocycles. The first kappa shape index (κ1) is 20.2. The summed E-state index contributed by atoms with van der Waals surface area (Å²) in [7, 11) is 1.75. The van der Waals surface area contributed by atoms with Crippen LogP contribution in [0.5, 0.6) is 0 Å². The third kappa shape index (κ3) is 8.27. The first-order valence-electron chi connectivity index (χ1n) is 7.95. The highest BCUT2D eigenvalue weighted by molar-refractivity contribution is 5.67. The van der Waals surface area contributed by atoms with Crippen LogP contribution in [0.3, 0.4) is 0 Å². The second-order valence-corrected chi connectivity index (χ2v) is 6.80. The summed E-state index contributed by atoms with van der Waals surface area (Å²) in [6.07, 6.45) is 2.51. The standard InChI is InChI=1S/C16H34N2O3/c1-7-16(8-2,13-19)12-17-10-9-11-18(6)14(20)21-15(3,4)5/h17,19H,7-13H2,1-6H3. The molecule has 0 saturated heterocycles. The highest BCUT2D eigenvalue weighted by atomic mass is 16.6. The Bertz CT molecular complexity index is 288. The smallest absolute Gasteiger partial charge is 0.410 e. The third-order valence-electron chi connectivity index (χ3n) is 3.89. The molecule has 0 spiro atoms. The molecule has 0 saturated carbocycles. The van der Waals surface area contributed by atoms with Crippen molar-refractivity contribution < 1.29 is 14.6 Å². The summed E-state index contributed by atoms with van der Waals surface area (Å²) >= 11 is 0. The van der Waals surface area contributed by atoms with Crippen molar-refractivity contribution in [3.05, 3.63) is 0 Å². The first-order chi connectivity index (χ1) is 9.69. The Balaban J connectivity index is 3.92. The molecule has 0 aromatic rings. The van der Waals surface area contributed by atoms with Crippen LogP contribution in [-0.4, -0.2) is 55.0 Å². The number of amides is 1. The number of carbonyl (C=O) groups excluding carboxylic acids is 1. The molecule has 126 valence electrons. The minimum absolute atomic E-state index is 0.0168. The second-order valence-electron chi connectivity index (χ2n) is 6.80. The summed E-state index contributed by atoms with van der Waals surface area (Å²) in [4.78, 5) is 13.4. The van der Waals surface area contributed by atoms with E-state index in [4.69, 9.17) is 4.74 Å². The lowest BCUT2D eigenvalue weighted by Crippen LogP contribution is -2.38.